The van der Waals surface area contributed by atoms with Gasteiger partial charge in [0.25, 0.3) is 0 Å². The van der Waals surface area contributed by atoms with Gasteiger partial charge in [-0.2, -0.15) is 0 Å². The lowest BCUT2D eigenvalue weighted by Gasteiger charge is -2.17. The standard InChI is InChI=1S/C15H15ClN2O/c1-9-3-4-10(2)11(7-9)15-17-13-5-6-19-8-12(13)14(16)18-15/h3-4,7H,5-6,8H2,1-2H3. The lowest BCUT2D eigenvalue weighted by molar-refractivity contribution is 0.109. The Kier molecular flexibility index (Phi) is 3.25. The molecule has 0 atom stereocenters. The molecule has 2 heterocycles. The minimum atomic E-state index is 0.514. The van der Waals surface area contributed by atoms with E-state index in [2.05, 4.69) is 42.0 Å². The summed E-state index contributed by atoms with van der Waals surface area (Å²) in [6.07, 6.45) is 0.801. The molecule has 0 spiro atoms. The van der Waals surface area contributed by atoms with Gasteiger partial charge >= 0.3 is 0 Å². The van der Waals surface area contributed by atoms with Gasteiger partial charge in [-0.1, -0.05) is 29.3 Å². The molecule has 3 nitrogen and oxygen atoms in total. The van der Waals surface area contributed by atoms with Gasteiger partial charge in [-0.3, -0.25) is 0 Å². The Morgan fingerprint density at radius 1 is 1.21 bits per heavy atom. The number of nitrogens with zero attached hydrogens (tertiary/aromatic N) is 2. The van der Waals surface area contributed by atoms with Crippen LogP contribution in [-0.2, 0) is 17.8 Å². The summed E-state index contributed by atoms with van der Waals surface area (Å²) in [4.78, 5) is 9.10. The van der Waals surface area contributed by atoms with E-state index in [-0.39, 0.29) is 0 Å². The predicted molar refractivity (Wildman–Crippen MR) is 75.3 cm³/mol. The molecule has 0 bridgehead atoms. The zero-order valence-corrected chi connectivity index (χ0v) is 11.8. The van der Waals surface area contributed by atoms with Crippen molar-refractivity contribution in [3.63, 3.8) is 0 Å². The first-order chi connectivity index (χ1) is 9.15. The monoisotopic (exact) mass is 274 g/mol. The summed E-state index contributed by atoms with van der Waals surface area (Å²) >= 11 is 6.26. The summed E-state index contributed by atoms with van der Waals surface area (Å²) < 4.78 is 5.40. The summed E-state index contributed by atoms with van der Waals surface area (Å²) in [5, 5.41) is 0.514. The second-order valence-corrected chi connectivity index (χ2v) is 5.24. The topological polar surface area (TPSA) is 35.0 Å². The molecule has 98 valence electrons. The normalized spacial score (nSPS) is 14.3. The number of hydrogen-bond acceptors (Lipinski definition) is 3. The van der Waals surface area contributed by atoms with Crippen molar-refractivity contribution in [2.45, 2.75) is 26.9 Å². The minimum absolute atomic E-state index is 0.514. The molecule has 3 rings (SSSR count). The number of halogens is 1. The highest BCUT2D eigenvalue weighted by Crippen LogP contribution is 2.27. The van der Waals surface area contributed by atoms with Crippen LogP contribution >= 0.6 is 11.6 Å². The van der Waals surface area contributed by atoms with Crippen LogP contribution in [-0.4, -0.2) is 16.6 Å². The molecule has 4 heteroatoms. The van der Waals surface area contributed by atoms with Crippen LogP contribution in [0, 0.1) is 13.8 Å². The first-order valence-corrected chi connectivity index (χ1v) is 6.73. The number of hydrogen-bond donors (Lipinski definition) is 0. The van der Waals surface area contributed by atoms with Gasteiger partial charge in [-0.15, -0.1) is 0 Å². The van der Waals surface area contributed by atoms with Crippen LogP contribution in [0.2, 0.25) is 5.15 Å². The van der Waals surface area contributed by atoms with E-state index in [9.17, 15) is 0 Å². The fourth-order valence-electron chi connectivity index (χ4n) is 2.29. The maximum atomic E-state index is 6.26. The van der Waals surface area contributed by atoms with Crippen LogP contribution in [0.3, 0.4) is 0 Å². The molecule has 0 saturated carbocycles. The minimum Gasteiger partial charge on any atom is -0.376 e. The van der Waals surface area contributed by atoms with Crippen molar-refractivity contribution in [2.24, 2.45) is 0 Å². The third kappa shape index (κ3) is 2.36. The van der Waals surface area contributed by atoms with E-state index in [1.54, 1.807) is 0 Å². The largest absolute Gasteiger partial charge is 0.376 e. The highest BCUT2D eigenvalue weighted by molar-refractivity contribution is 6.30. The fourth-order valence-corrected chi connectivity index (χ4v) is 2.53. The Morgan fingerprint density at radius 3 is 2.89 bits per heavy atom. The molecule has 0 radical (unpaired) electrons. The first kappa shape index (κ1) is 12.6. The van der Waals surface area contributed by atoms with E-state index in [1.807, 2.05) is 0 Å². The van der Waals surface area contributed by atoms with Gasteiger partial charge in [0.2, 0.25) is 0 Å². The fraction of sp³-hybridized carbons (Fsp3) is 0.333. The molecule has 0 fully saturated rings. The first-order valence-electron chi connectivity index (χ1n) is 6.36. The van der Waals surface area contributed by atoms with E-state index in [0.717, 1.165) is 28.8 Å². The molecule has 1 aliphatic rings. The summed E-state index contributed by atoms with van der Waals surface area (Å²) in [5.41, 5.74) is 5.36. The van der Waals surface area contributed by atoms with Gasteiger partial charge in [0.1, 0.15) is 5.15 Å². The molecule has 0 saturated heterocycles. The lowest BCUT2D eigenvalue weighted by atomic mass is 10.0. The van der Waals surface area contributed by atoms with Gasteiger partial charge in [-0.25, -0.2) is 9.97 Å². The predicted octanol–water partition coefficient (Wildman–Crippen LogP) is 3.49. The Balaban J connectivity index is 2.15. The Hall–Kier alpha value is -1.45. The summed E-state index contributed by atoms with van der Waals surface area (Å²) in [6.45, 7) is 5.35. The second-order valence-electron chi connectivity index (χ2n) is 4.88. The van der Waals surface area contributed by atoms with Crippen LogP contribution in [0.15, 0.2) is 18.2 Å². The van der Waals surface area contributed by atoms with Crippen LogP contribution in [0.5, 0.6) is 0 Å². The average molecular weight is 275 g/mol. The van der Waals surface area contributed by atoms with E-state index in [1.165, 1.54) is 5.56 Å². The quantitative estimate of drug-likeness (QED) is 0.747. The maximum absolute atomic E-state index is 6.26. The number of rotatable bonds is 1. The van der Waals surface area contributed by atoms with Gasteiger partial charge in [0, 0.05) is 17.5 Å². The van der Waals surface area contributed by atoms with E-state index >= 15 is 0 Å². The van der Waals surface area contributed by atoms with Crippen LogP contribution < -0.4 is 0 Å². The van der Waals surface area contributed by atoms with E-state index in [4.69, 9.17) is 16.3 Å². The molecule has 0 N–H and O–H groups in total. The number of fused-ring (bicyclic) bond motifs is 1. The molecule has 2 aromatic rings. The molecule has 19 heavy (non-hydrogen) atoms. The average Bonchev–Trinajstić information content (AvgIpc) is 2.41. The molecule has 0 amide bonds. The molecule has 1 aliphatic heterocycles. The summed E-state index contributed by atoms with van der Waals surface area (Å²) in [5.74, 6) is 0.715. The highest BCUT2D eigenvalue weighted by Gasteiger charge is 2.18. The van der Waals surface area contributed by atoms with Crippen LogP contribution in [0.4, 0.5) is 0 Å². The molecule has 0 aliphatic carbocycles. The lowest BCUT2D eigenvalue weighted by Crippen LogP contribution is -2.14. The Bertz CT molecular complexity index is 640. The third-order valence-electron chi connectivity index (χ3n) is 3.41. The number of aromatic nitrogens is 2. The van der Waals surface area contributed by atoms with Crippen molar-refractivity contribution < 1.29 is 4.74 Å². The SMILES string of the molecule is Cc1ccc(C)c(-c2nc(Cl)c3c(n2)CCOC3)c1. The maximum Gasteiger partial charge on any atom is 0.161 e. The van der Waals surface area contributed by atoms with Crippen molar-refractivity contribution in [3.05, 3.63) is 45.7 Å². The summed E-state index contributed by atoms with van der Waals surface area (Å²) in [7, 11) is 0. The number of benzene rings is 1. The molecule has 0 unspecified atom stereocenters. The number of ether oxygens (including phenoxy) is 1. The van der Waals surface area contributed by atoms with Gasteiger partial charge in [0.15, 0.2) is 5.82 Å². The second kappa shape index (κ2) is 4.91. The Labute approximate surface area is 117 Å². The Morgan fingerprint density at radius 2 is 2.05 bits per heavy atom. The zero-order chi connectivity index (χ0) is 13.4. The van der Waals surface area contributed by atoms with Gasteiger partial charge < -0.3 is 4.74 Å². The highest BCUT2D eigenvalue weighted by atomic mass is 35.5. The number of aryl methyl sites for hydroxylation is 2. The van der Waals surface area contributed by atoms with Crippen molar-refractivity contribution in [2.75, 3.05) is 6.61 Å². The van der Waals surface area contributed by atoms with Gasteiger partial charge in [0.05, 0.1) is 18.9 Å². The van der Waals surface area contributed by atoms with Gasteiger partial charge in [-0.05, 0) is 25.5 Å². The molecular formula is C15H15ClN2O. The molecular weight excluding hydrogens is 260 g/mol. The third-order valence-corrected chi connectivity index (χ3v) is 3.72. The van der Waals surface area contributed by atoms with Crippen molar-refractivity contribution in [3.8, 4) is 11.4 Å². The van der Waals surface area contributed by atoms with E-state index in [0.29, 0.717) is 24.2 Å². The molecule has 1 aromatic heterocycles. The smallest absolute Gasteiger partial charge is 0.161 e. The summed E-state index contributed by atoms with van der Waals surface area (Å²) in [6, 6.07) is 6.28. The van der Waals surface area contributed by atoms with E-state index < -0.39 is 0 Å². The van der Waals surface area contributed by atoms with Crippen molar-refractivity contribution in [1.29, 1.82) is 0 Å². The van der Waals surface area contributed by atoms with Crippen LogP contribution in [0.25, 0.3) is 11.4 Å². The zero-order valence-electron chi connectivity index (χ0n) is 11.0. The van der Waals surface area contributed by atoms with Crippen molar-refractivity contribution in [1.82, 2.24) is 9.97 Å². The van der Waals surface area contributed by atoms with Crippen molar-refractivity contribution >= 4 is 11.6 Å². The molecule has 1 aromatic carbocycles. The van der Waals surface area contributed by atoms with Crippen LogP contribution in [0.1, 0.15) is 22.4 Å².